The van der Waals surface area contributed by atoms with E-state index in [1.165, 1.54) is 24.7 Å². The van der Waals surface area contributed by atoms with E-state index in [0.717, 1.165) is 5.92 Å². The summed E-state index contributed by atoms with van der Waals surface area (Å²) < 4.78 is 0. The average Bonchev–Trinajstić information content (AvgIpc) is 2.45. The summed E-state index contributed by atoms with van der Waals surface area (Å²) in [5, 5.41) is 0. The first-order valence-electron chi connectivity index (χ1n) is 3.88. The zero-order valence-corrected chi connectivity index (χ0v) is 5.56. The number of rotatable bonds is 0. The molecule has 3 atom stereocenters. The molecule has 0 heteroatoms. The van der Waals surface area contributed by atoms with Crippen molar-refractivity contribution in [3.8, 4) is 0 Å². The van der Waals surface area contributed by atoms with E-state index in [4.69, 9.17) is 0 Å². The molecule has 2 rings (SSSR count). The van der Waals surface area contributed by atoms with Gasteiger partial charge in [-0.3, -0.25) is 0 Å². The highest BCUT2D eigenvalue weighted by atomic mass is 14.5. The van der Waals surface area contributed by atoms with Crippen LogP contribution in [0.15, 0.2) is 0 Å². The van der Waals surface area contributed by atoms with Crippen LogP contribution in [0, 0.1) is 17.8 Å². The fourth-order valence-electron chi connectivity index (χ4n) is 2.22. The Morgan fingerprint density at radius 3 is 2.75 bits per heavy atom. The second-order valence-electron chi connectivity index (χ2n) is 3.57. The molecule has 0 aromatic carbocycles. The normalized spacial score (nSPS) is 52.9. The van der Waals surface area contributed by atoms with Crippen molar-refractivity contribution in [1.29, 1.82) is 0 Å². The van der Waals surface area contributed by atoms with Gasteiger partial charge in [0.05, 0.1) is 0 Å². The maximum Gasteiger partial charge on any atom is -0.0357 e. The predicted octanol–water partition coefficient (Wildman–Crippen LogP) is 2.44. The first-order chi connectivity index (χ1) is 3.88. The van der Waals surface area contributed by atoms with Crippen LogP contribution in [0.5, 0.6) is 0 Å². The predicted molar refractivity (Wildman–Crippen MR) is 34.6 cm³/mol. The monoisotopic (exact) mass is 110 g/mol. The molecule has 0 amide bonds. The van der Waals surface area contributed by atoms with Crippen LogP contribution in [0.2, 0.25) is 0 Å². The Morgan fingerprint density at radius 1 is 1.25 bits per heavy atom. The fourth-order valence-corrected chi connectivity index (χ4v) is 2.22. The van der Waals surface area contributed by atoms with Crippen molar-refractivity contribution in [3.05, 3.63) is 0 Å². The lowest BCUT2D eigenvalue weighted by Crippen LogP contribution is -2.04. The minimum absolute atomic E-state index is 1.08. The summed E-state index contributed by atoms with van der Waals surface area (Å²) in [5.41, 5.74) is 0. The lowest BCUT2D eigenvalue weighted by Gasteiger charge is -2.15. The van der Waals surface area contributed by atoms with Crippen molar-refractivity contribution < 1.29 is 0 Å². The SMILES string of the molecule is C[C@@H]1CCC[C@@H]2C[C@@H]21. The molecule has 0 heterocycles. The Hall–Kier alpha value is 0. The van der Waals surface area contributed by atoms with Crippen LogP contribution in [0.3, 0.4) is 0 Å². The Bertz CT molecular complexity index is 96.2. The van der Waals surface area contributed by atoms with Gasteiger partial charge in [-0.2, -0.15) is 0 Å². The minimum atomic E-state index is 1.08. The van der Waals surface area contributed by atoms with Crippen LogP contribution in [-0.2, 0) is 0 Å². The van der Waals surface area contributed by atoms with Crippen molar-refractivity contribution in [2.45, 2.75) is 32.6 Å². The van der Waals surface area contributed by atoms with Gasteiger partial charge in [-0.25, -0.2) is 0 Å². The smallest absolute Gasteiger partial charge is 0.0357 e. The van der Waals surface area contributed by atoms with Gasteiger partial charge >= 0.3 is 0 Å². The Balaban J connectivity index is 1.99. The van der Waals surface area contributed by atoms with Crippen molar-refractivity contribution in [1.82, 2.24) is 0 Å². The molecule has 0 nitrogen and oxygen atoms in total. The molecule has 0 aliphatic heterocycles. The lowest BCUT2D eigenvalue weighted by molar-refractivity contribution is 0.362. The van der Waals surface area contributed by atoms with Crippen molar-refractivity contribution >= 4 is 0 Å². The van der Waals surface area contributed by atoms with Gasteiger partial charge in [0.15, 0.2) is 0 Å². The summed E-state index contributed by atoms with van der Waals surface area (Å²) in [7, 11) is 0. The molecule has 0 aromatic rings. The molecule has 2 fully saturated rings. The molecule has 0 radical (unpaired) electrons. The molecule has 2 aliphatic carbocycles. The number of hydrogen-bond acceptors (Lipinski definition) is 0. The highest BCUT2D eigenvalue weighted by molar-refractivity contribution is 4.92. The Morgan fingerprint density at radius 2 is 2.12 bits per heavy atom. The standard InChI is InChI=1S/C8H14/c1-6-3-2-4-7-5-8(6)7/h6-8H,2-5H2,1H3/t6-,7-,8-/m1/s1. The van der Waals surface area contributed by atoms with Crippen LogP contribution in [0.25, 0.3) is 0 Å². The lowest BCUT2D eigenvalue weighted by atomic mass is 9.91. The zero-order chi connectivity index (χ0) is 5.56. The molecule has 0 N–H and O–H groups in total. The second kappa shape index (κ2) is 1.49. The molecule has 0 saturated heterocycles. The molecule has 8 heavy (non-hydrogen) atoms. The van der Waals surface area contributed by atoms with Gasteiger partial charge in [-0.05, 0) is 24.2 Å². The molecule has 2 aliphatic rings. The first kappa shape index (κ1) is 4.84. The average molecular weight is 110 g/mol. The molecular weight excluding hydrogens is 96.1 g/mol. The minimum Gasteiger partial charge on any atom is -0.0622 e. The molecule has 0 bridgehead atoms. The number of fused-ring (bicyclic) bond motifs is 1. The van der Waals surface area contributed by atoms with E-state index in [0.29, 0.717) is 0 Å². The van der Waals surface area contributed by atoms with E-state index in [1.54, 1.807) is 12.8 Å². The third kappa shape index (κ3) is 0.586. The van der Waals surface area contributed by atoms with Crippen molar-refractivity contribution in [3.63, 3.8) is 0 Å². The van der Waals surface area contributed by atoms with Gasteiger partial charge < -0.3 is 0 Å². The quantitative estimate of drug-likeness (QED) is 0.449. The van der Waals surface area contributed by atoms with Crippen molar-refractivity contribution in [2.24, 2.45) is 17.8 Å². The van der Waals surface area contributed by atoms with E-state index in [1.807, 2.05) is 0 Å². The molecule has 2 saturated carbocycles. The van der Waals surface area contributed by atoms with Crippen LogP contribution in [0.4, 0.5) is 0 Å². The molecule has 0 unspecified atom stereocenters. The summed E-state index contributed by atoms with van der Waals surface area (Å²) in [6.45, 7) is 2.42. The van der Waals surface area contributed by atoms with Gasteiger partial charge in [-0.15, -0.1) is 0 Å². The summed E-state index contributed by atoms with van der Waals surface area (Å²) in [6.07, 6.45) is 6.15. The fraction of sp³-hybridized carbons (Fsp3) is 1.00. The number of hydrogen-bond donors (Lipinski definition) is 0. The van der Waals surface area contributed by atoms with Gasteiger partial charge in [-0.1, -0.05) is 26.2 Å². The maximum absolute atomic E-state index is 2.42. The largest absolute Gasteiger partial charge is 0.0622 e. The van der Waals surface area contributed by atoms with E-state index in [9.17, 15) is 0 Å². The summed E-state index contributed by atoms with van der Waals surface area (Å²) in [5.74, 6) is 3.43. The van der Waals surface area contributed by atoms with E-state index >= 15 is 0 Å². The third-order valence-corrected chi connectivity index (χ3v) is 2.94. The van der Waals surface area contributed by atoms with E-state index in [2.05, 4.69) is 6.92 Å². The maximum atomic E-state index is 2.42. The van der Waals surface area contributed by atoms with Gasteiger partial charge in [0.25, 0.3) is 0 Å². The zero-order valence-electron chi connectivity index (χ0n) is 5.56. The van der Waals surface area contributed by atoms with Gasteiger partial charge in [0.2, 0.25) is 0 Å². The topological polar surface area (TPSA) is 0 Å². The molecule has 0 aromatic heterocycles. The highest BCUT2D eigenvalue weighted by Crippen LogP contribution is 2.52. The van der Waals surface area contributed by atoms with Gasteiger partial charge in [0.1, 0.15) is 0 Å². The Labute approximate surface area is 51.3 Å². The summed E-state index contributed by atoms with van der Waals surface area (Å²) in [4.78, 5) is 0. The van der Waals surface area contributed by atoms with Crippen LogP contribution in [0.1, 0.15) is 32.6 Å². The molecule has 46 valence electrons. The third-order valence-electron chi connectivity index (χ3n) is 2.94. The van der Waals surface area contributed by atoms with E-state index < -0.39 is 0 Å². The summed E-state index contributed by atoms with van der Waals surface area (Å²) in [6, 6.07) is 0. The first-order valence-corrected chi connectivity index (χ1v) is 3.88. The van der Waals surface area contributed by atoms with E-state index in [-0.39, 0.29) is 0 Å². The van der Waals surface area contributed by atoms with Crippen LogP contribution in [-0.4, -0.2) is 0 Å². The molecule has 0 spiro atoms. The Kier molecular flexibility index (Phi) is 0.902. The van der Waals surface area contributed by atoms with Crippen LogP contribution < -0.4 is 0 Å². The van der Waals surface area contributed by atoms with Crippen molar-refractivity contribution in [2.75, 3.05) is 0 Å². The van der Waals surface area contributed by atoms with Crippen LogP contribution >= 0.6 is 0 Å². The highest BCUT2D eigenvalue weighted by Gasteiger charge is 2.42. The van der Waals surface area contributed by atoms with Gasteiger partial charge in [0, 0.05) is 0 Å². The summed E-state index contributed by atoms with van der Waals surface area (Å²) >= 11 is 0. The molecular formula is C8H14. The second-order valence-corrected chi connectivity index (χ2v) is 3.57.